The fourth-order valence-corrected chi connectivity index (χ4v) is 3.81. The quantitative estimate of drug-likeness (QED) is 0.624. The van der Waals surface area contributed by atoms with Gasteiger partial charge in [-0.2, -0.15) is 0 Å². The van der Waals surface area contributed by atoms with Gasteiger partial charge in [0, 0.05) is 25.6 Å². The summed E-state index contributed by atoms with van der Waals surface area (Å²) < 4.78 is 28.0. The highest BCUT2D eigenvalue weighted by Crippen LogP contribution is 2.11. The Kier molecular flexibility index (Phi) is 4.61. The van der Waals surface area contributed by atoms with Crippen LogP contribution in [0.2, 0.25) is 0 Å². The summed E-state index contributed by atoms with van der Waals surface area (Å²) in [4.78, 5) is 24.4. The normalized spacial score (nSPS) is 29.9. The maximum absolute atomic E-state index is 12.1. The topological polar surface area (TPSA) is 113 Å². The zero-order chi connectivity index (χ0) is 14.8. The average Bonchev–Trinajstić information content (AvgIpc) is 2.37. The van der Waals surface area contributed by atoms with Crippen molar-refractivity contribution in [2.45, 2.75) is 18.6 Å². The fraction of sp³-hybridized carbons (Fsp3) is 0.818. The van der Waals surface area contributed by atoms with E-state index in [1.54, 1.807) is 0 Å². The molecular weight excluding hydrogens is 288 g/mol. The molecule has 1 amide bonds. The number of amides is 1. The SMILES string of the molecule is O=C(O)C1CN(C(=O)CC2CS(=O)(=O)CCN2)CCO1. The maximum atomic E-state index is 12.1. The third kappa shape index (κ3) is 3.90. The molecule has 0 saturated carbocycles. The van der Waals surface area contributed by atoms with Gasteiger partial charge in [-0.05, 0) is 0 Å². The highest BCUT2D eigenvalue weighted by atomic mass is 32.2. The van der Waals surface area contributed by atoms with Crippen LogP contribution in [0.25, 0.3) is 0 Å². The van der Waals surface area contributed by atoms with Crippen LogP contribution in [-0.2, 0) is 24.2 Å². The van der Waals surface area contributed by atoms with Crippen LogP contribution >= 0.6 is 0 Å². The molecule has 20 heavy (non-hydrogen) atoms. The maximum Gasteiger partial charge on any atom is 0.334 e. The van der Waals surface area contributed by atoms with Crippen molar-refractivity contribution in [2.24, 2.45) is 0 Å². The van der Waals surface area contributed by atoms with Gasteiger partial charge in [0.2, 0.25) is 5.91 Å². The van der Waals surface area contributed by atoms with Crippen LogP contribution in [0.5, 0.6) is 0 Å². The van der Waals surface area contributed by atoms with E-state index in [0.29, 0.717) is 13.1 Å². The zero-order valence-corrected chi connectivity index (χ0v) is 11.8. The third-order valence-corrected chi connectivity index (χ3v) is 5.15. The van der Waals surface area contributed by atoms with Crippen molar-refractivity contribution in [3.63, 3.8) is 0 Å². The summed E-state index contributed by atoms with van der Waals surface area (Å²) in [7, 11) is -3.08. The first-order valence-electron chi connectivity index (χ1n) is 6.43. The summed E-state index contributed by atoms with van der Waals surface area (Å²) in [6, 6.07) is -0.396. The first-order valence-corrected chi connectivity index (χ1v) is 8.25. The summed E-state index contributed by atoms with van der Waals surface area (Å²) in [5.74, 6) is -1.29. The molecule has 8 nitrogen and oxygen atoms in total. The predicted molar refractivity (Wildman–Crippen MR) is 69.0 cm³/mol. The number of carboxylic acid groups (broad SMARTS) is 1. The summed E-state index contributed by atoms with van der Waals surface area (Å²) >= 11 is 0. The van der Waals surface area contributed by atoms with Crippen molar-refractivity contribution in [3.8, 4) is 0 Å². The second kappa shape index (κ2) is 6.06. The monoisotopic (exact) mass is 306 g/mol. The fourth-order valence-electron chi connectivity index (χ4n) is 2.36. The van der Waals surface area contributed by atoms with Crippen molar-refractivity contribution in [3.05, 3.63) is 0 Å². The van der Waals surface area contributed by atoms with Crippen molar-refractivity contribution in [1.82, 2.24) is 10.2 Å². The number of morpholine rings is 1. The summed E-state index contributed by atoms with van der Waals surface area (Å²) in [6.45, 7) is 0.871. The van der Waals surface area contributed by atoms with E-state index < -0.39 is 28.0 Å². The molecule has 2 aliphatic rings. The van der Waals surface area contributed by atoms with Gasteiger partial charge in [0.15, 0.2) is 15.9 Å². The minimum Gasteiger partial charge on any atom is -0.479 e. The van der Waals surface area contributed by atoms with Crippen LogP contribution in [0.1, 0.15) is 6.42 Å². The van der Waals surface area contributed by atoms with Gasteiger partial charge in [0.1, 0.15) is 0 Å². The van der Waals surface area contributed by atoms with Gasteiger partial charge in [-0.1, -0.05) is 0 Å². The molecule has 2 fully saturated rings. The minimum atomic E-state index is -3.08. The van der Waals surface area contributed by atoms with Crippen LogP contribution in [-0.4, -0.2) is 80.2 Å². The second-order valence-corrected chi connectivity index (χ2v) is 7.24. The van der Waals surface area contributed by atoms with E-state index in [9.17, 15) is 18.0 Å². The third-order valence-electron chi connectivity index (χ3n) is 3.42. The largest absolute Gasteiger partial charge is 0.479 e. The lowest BCUT2D eigenvalue weighted by Crippen LogP contribution is -2.52. The molecule has 2 saturated heterocycles. The second-order valence-electron chi connectivity index (χ2n) is 5.01. The average molecular weight is 306 g/mol. The Bertz CT molecular complexity index is 491. The smallest absolute Gasteiger partial charge is 0.334 e. The molecule has 114 valence electrons. The molecule has 2 N–H and O–H groups in total. The molecule has 2 unspecified atom stereocenters. The predicted octanol–water partition coefficient (Wildman–Crippen LogP) is -1.92. The number of carbonyl (C=O) groups excluding carboxylic acids is 1. The number of nitrogens with one attached hydrogen (secondary N) is 1. The van der Waals surface area contributed by atoms with Crippen molar-refractivity contribution >= 4 is 21.7 Å². The molecule has 9 heteroatoms. The zero-order valence-electron chi connectivity index (χ0n) is 10.9. The molecule has 0 radical (unpaired) electrons. The highest BCUT2D eigenvalue weighted by Gasteiger charge is 2.32. The summed E-state index contributed by atoms with van der Waals surface area (Å²) in [6.07, 6.45) is -0.943. The van der Waals surface area contributed by atoms with Crippen LogP contribution in [0.15, 0.2) is 0 Å². The lowest BCUT2D eigenvalue weighted by molar-refractivity contribution is -0.159. The van der Waals surface area contributed by atoms with E-state index in [1.165, 1.54) is 4.90 Å². The number of hydrogen-bond donors (Lipinski definition) is 2. The Morgan fingerprint density at radius 3 is 2.80 bits per heavy atom. The molecule has 0 aromatic heterocycles. The number of hydrogen-bond acceptors (Lipinski definition) is 6. The standard InChI is InChI=1S/C11H18N2O6S/c14-10(5-8-7-20(17,18)4-1-12-8)13-2-3-19-9(6-13)11(15)16/h8-9,12H,1-7H2,(H,15,16). The molecule has 2 atom stereocenters. The van der Waals surface area contributed by atoms with E-state index in [1.807, 2.05) is 0 Å². The van der Waals surface area contributed by atoms with Gasteiger partial charge in [-0.3, -0.25) is 4.79 Å². The number of carbonyl (C=O) groups is 2. The Morgan fingerprint density at radius 1 is 1.40 bits per heavy atom. The van der Waals surface area contributed by atoms with Crippen molar-refractivity contribution in [1.29, 1.82) is 0 Å². The first kappa shape index (κ1) is 15.2. The Morgan fingerprint density at radius 2 is 2.15 bits per heavy atom. The van der Waals surface area contributed by atoms with Gasteiger partial charge in [-0.25, -0.2) is 13.2 Å². The van der Waals surface area contributed by atoms with E-state index >= 15 is 0 Å². The minimum absolute atomic E-state index is 0.00758. The summed E-state index contributed by atoms with van der Waals surface area (Å²) in [5.41, 5.74) is 0. The van der Waals surface area contributed by atoms with Crippen molar-refractivity contribution in [2.75, 3.05) is 37.7 Å². The molecular formula is C11H18N2O6S. The number of sulfone groups is 1. The molecule has 2 aliphatic heterocycles. The number of aliphatic carboxylic acids is 1. The van der Waals surface area contributed by atoms with E-state index in [0.717, 1.165) is 0 Å². The molecule has 0 aromatic rings. The number of carboxylic acids is 1. The molecule has 0 bridgehead atoms. The number of nitrogens with zero attached hydrogens (tertiary/aromatic N) is 1. The van der Waals surface area contributed by atoms with Gasteiger partial charge in [-0.15, -0.1) is 0 Å². The molecule has 0 aliphatic carbocycles. The molecule has 0 aromatic carbocycles. The number of rotatable bonds is 3. The Labute approximate surface area is 117 Å². The lowest BCUT2D eigenvalue weighted by atomic mass is 10.2. The van der Waals surface area contributed by atoms with Crippen LogP contribution in [0.3, 0.4) is 0 Å². The van der Waals surface area contributed by atoms with Crippen molar-refractivity contribution < 1.29 is 27.9 Å². The Hall–Kier alpha value is -1.19. The Balaban J connectivity index is 1.89. The van der Waals surface area contributed by atoms with Gasteiger partial charge >= 0.3 is 5.97 Å². The van der Waals surface area contributed by atoms with Crippen LogP contribution < -0.4 is 5.32 Å². The van der Waals surface area contributed by atoms with Crippen LogP contribution in [0.4, 0.5) is 0 Å². The van der Waals surface area contributed by atoms with E-state index in [4.69, 9.17) is 9.84 Å². The number of ether oxygens (including phenoxy) is 1. The molecule has 2 rings (SSSR count). The van der Waals surface area contributed by atoms with Gasteiger partial charge in [0.25, 0.3) is 0 Å². The van der Waals surface area contributed by atoms with E-state index in [2.05, 4.69) is 5.32 Å². The lowest BCUT2D eigenvalue weighted by Gasteiger charge is -2.32. The molecule has 0 spiro atoms. The van der Waals surface area contributed by atoms with E-state index in [-0.39, 0.29) is 37.0 Å². The highest BCUT2D eigenvalue weighted by molar-refractivity contribution is 7.91. The van der Waals surface area contributed by atoms with Gasteiger partial charge < -0.3 is 20.1 Å². The summed E-state index contributed by atoms with van der Waals surface area (Å²) in [5, 5.41) is 11.9. The van der Waals surface area contributed by atoms with Crippen LogP contribution in [0, 0.1) is 0 Å². The van der Waals surface area contributed by atoms with Gasteiger partial charge in [0.05, 0.1) is 24.7 Å². The molecule has 2 heterocycles. The first-order chi connectivity index (χ1) is 9.37.